The van der Waals surface area contributed by atoms with Crippen molar-refractivity contribution >= 4 is 41.9 Å². The van der Waals surface area contributed by atoms with Crippen molar-refractivity contribution in [1.82, 2.24) is 10.0 Å². The van der Waals surface area contributed by atoms with E-state index >= 15 is 0 Å². The molecule has 2 N–H and O–H groups in total. The van der Waals surface area contributed by atoms with Crippen molar-refractivity contribution in [3.63, 3.8) is 0 Å². The number of hydrogen-bond acceptors (Lipinski definition) is 3. The molecule has 1 aromatic carbocycles. The second kappa shape index (κ2) is 6.66. The smallest absolute Gasteiger partial charge is 0.241 e. The minimum atomic E-state index is -3.52. The zero-order valence-electron chi connectivity index (χ0n) is 12.2. The van der Waals surface area contributed by atoms with Gasteiger partial charge in [0, 0.05) is 22.0 Å². The predicted octanol–water partition coefficient (Wildman–Crippen LogP) is 3.19. The molecular formula is C14H20Br2N2O2S. The van der Waals surface area contributed by atoms with Crippen molar-refractivity contribution in [2.75, 3.05) is 19.6 Å². The third kappa shape index (κ3) is 4.28. The zero-order valence-corrected chi connectivity index (χ0v) is 16.2. The van der Waals surface area contributed by atoms with Crippen molar-refractivity contribution in [2.24, 2.45) is 5.41 Å². The largest absolute Gasteiger partial charge is 0.316 e. The van der Waals surface area contributed by atoms with E-state index in [2.05, 4.69) is 48.8 Å². The Morgan fingerprint density at radius 3 is 2.67 bits per heavy atom. The summed E-state index contributed by atoms with van der Waals surface area (Å²) in [6, 6.07) is 3.45. The molecule has 1 fully saturated rings. The highest BCUT2D eigenvalue weighted by Gasteiger charge is 2.29. The molecule has 0 saturated carbocycles. The van der Waals surface area contributed by atoms with Crippen LogP contribution in [0, 0.1) is 12.3 Å². The minimum Gasteiger partial charge on any atom is -0.316 e. The number of piperidine rings is 1. The molecule has 1 heterocycles. The highest BCUT2D eigenvalue weighted by Crippen LogP contribution is 2.30. The lowest BCUT2D eigenvalue weighted by Gasteiger charge is -2.34. The van der Waals surface area contributed by atoms with Gasteiger partial charge in [-0.05, 0) is 65.4 Å². The van der Waals surface area contributed by atoms with E-state index in [1.807, 2.05) is 13.0 Å². The Labute approximate surface area is 143 Å². The van der Waals surface area contributed by atoms with Crippen LogP contribution in [-0.2, 0) is 10.0 Å². The molecular weight excluding hydrogens is 420 g/mol. The van der Waals surface area contributed by atoms with Crippen LogP contribution in [0.15, 0.2) is 26.0 Å². The Balaban J connectivity index is 2.17. The van der Waals surface area contributed by atoms with Gasteiger partial charge in [-0.1, -0.05) is 22.9 Å². The molecule has 1 saturated heterocycles. The van der Waals surface area contributed by atoms with Crippen LogP contribution in [0.25, 0.3) is 0 Å². The Kier molecular flexibility index (Phi) is 5.52. The molecule has 0 aliphatic carbocycles. The van der Waals surface area contributed by atoms with Gasteiger partial charge < -0.3 is 5.32 Å². The van der Waals surface area contributed by atoms with Crippen LogP contribution in [-0.4, -0.2) is 28.1 Å². The van der Waals surface area contributed by atoms with E-state index in [9.17, 15) is 8.42 Å². The second-order valence-electron chi connectivity index (χ2n) is 5.95. The molecule has 1 atom stereocenters. The average Bonchev–Trinajstić information content (AvgIpc) is 2.42. The Morgan fingerprint density at radius 2 is 2.05 bits per heavy atom. The van der Waals surface area contributed by atoms with Gasteiger partial charge in [0.2, 0.25) is 10.0 Å². The van der Waals surface area contributed by atoms with Gasteiger partial charge in [-0.2, -0.15) is 0 Å². The predicted molar refractivity (Wildman–Crippen MR) is 92.0 cm³/mol. The molecule has 1 aliphatic heterocycles. The number of halogens is 2. The van der Waals surface area contributed by atoms with E-state index in [1.54, 1.807) is 6.07 Å². The third-order valence-corrected chi connectivity index (χ3v) is 7.09. The van der Waals surface area contributed by atoms with Gasteiger partial charge in [-0.3, -0.25) is 0 Å². The zero-order chi connectivity index (χ0) is 15.7. The molecule has 1 aliphatic rings. The quantitative estimate of drug-likeness (QED) is 0.757. The summed E-state index contributed by atoms with van der Waals surface area (Å²) in [5.74, 6) is 0. The average molecular weight is 440 g/mol. The van der Waals surface area contributed by atoms with Crippen molar-refractivity contribution in [2.45, 2.75) is 31.6 Å². The number of benzene rings is 1. The Hall–Kier alpha value is 0.0500. The maximum Gasteiger partial charge on any atom is 0.241 e. The first kappa shape index (κ1) is 17.4. The molecule has 7 heteroatoms. The van der Waals surface area contributed by atoms with Crippen molar-refractivity contribution in [3.8, 4) is 0 Å². The van der Waals surface area contributed by atoms with Crippen molar-refractivity contribution < 1.29 is 8.42 Å². The summed E-state index contributed by atoms with van der Waals surface area (Å²) in [7, 11) is -3.52. The molecule has 0 aromatic heterocycles. The van der Waals surface area contributed by atoms with E-state index in [0.717, 1.165) is 36.0 Å². The standard InChI is InChI=1S/C14H20Br2N2O2S/c1-10-6-12(16)13(7-11(10)15)21(19,20)18-9-14(2)4-3-5-17-8-14/h6-7,17-18H,3-5,8-9H2,1-2H3. The van der Waals surface area contributed by atoms with Crippen LogP contribution < -0.4 is 10.0 Å². The van der Waals surface area contributed by atoms with Gasteiger partial charge in [-0.25, -0.2) is 13.1 Å². The van der Waals surface area contributed by atoms with Crippen LogP contribution in [0.2, 0.25) is 0 Å². The summed E-state index contributed by atoms with van der Waals surface area (Å²) < 4.78 is 29.2. The number of nitrogens with one attached hydrogen (secondary N) is 2. The van der Waals surface area contributed by atoms with Crippen molar-refractivity contribution in [3.05, 3.63) is 26.6 Å². The summed E-state index contributed by atoms with van der Waals surface area (Å²) in [6.45, 7) is 6.34. The maximum atomic E-state index is 12.5. The third-order valence-electron chi connectivity index (χ3n) is 3.88. The number of rotatable bonds is 4. The highest BCUT2D eigenvalue weighted by atomic mass is 79.9. The molecule has 0 bridgehead atoms. The molecule has 21 heavy (non-hydrogen) atoms. The summed E-state index contributed by atoms with van der Waals surface area (Å²) in [6.07, 6.45) is 2.11. The van der Waals surface area contributed by atoms with E-state index < -0.39 is 10.0 Å². The van der Waals surface area contributed by atoms with Crippen molar-refractivity contribution in [1.29, 1.82) is 0 Å². The normalized spacial score (nSPS) is 23.2. The molecule has 0 spiro atoms. The minimum absolute atomic E-state index is 0.0281. The fourth-order valence-corrected chi connectivity index (χ4v) is 5.33. The molecule has 1 aromatic rings. The lowest BCUT2D eigenvalue weighted by Crippen LogP contribution is -2.45. The maximum absolute atomic E-state index is 12.5. The molecule has 118 valence electrons. The van der Waals surface area contributed by atoms with E-state index in [1.165, 1.54) is 0 Å². The van der Waals surface area contributed by atoms with E-state index in [0.29, 0.717) is 11.0 Å². The Bertz CT molecular complexity index is 626. The van der Waals surface area contributed by atoms with Gasteiger partial charge in [0.25, 0.3) is 0 Å². The van der Waals surface area contributed by atoms with Crippen LogP contribution in [0.3, 0.4) is 0 Å². The number of aryl methyl sites for hydroxylation is 1. The SMILES string of the molecule is Cc1cc(Br)c(S(=O)(=O)NCC2(C)CCCNC2)cc1Br. The molecule has 0 radical (unpaired) electrons. The molecule has 2 rings (SSSR count). The summed E-state index contributed by atoms with van der Waals surface area (Å²) in [4.78, 5) is 0.271. The monoisotopic (exact) mass is 438 g/mol. The van der Waals surface area contributed by atoms with Crippen LogP contribution in [0.1, 0.15) is 25.3 Å². The van der Waals surface area contributed by atoms with Gasteiger partial charge in [0.05, 0.1) is 4.90 Å². The van der Waals surface area contributed by atoms with Crippen LogP contribution in [0.5, 0.6) is 0 Å². The van der Waals surface area contributed by atoms with Gasteiger partial charge >= 0.3 is 0 Å². The molecule has 0 amide bonds. The molecule has 4 nitrogen and oxygen atoms in total. The summed E-state index contributed by atoms with van der Waals surface area (Å²) in [5.41, 5.74) is 0.962. The first-order valence-corrected chi connectivity index (χ1v) is 9.96. The first-order chi connectivity index (χ1) is 9.73. The van der Waals surface area contributed by atoms with E-state index in [4.69, 9.17) is 0 Å². The first-order valence-electron chi connectivity index (χ1n) is 6.90. The lowest BCUT2D eigenvalue weighted by atomic mass is 9.83. The summed E-state index contributed by atoms with van der Waals surface area (Å²) in [5, 5.41) is 3.33. The van der Waals surface area contributed by atoms with Crippen LogP contribution in [0.4, 0.5) is 0 Å². The Morgan fingerprint density at radius 1 is 1.33 bits per heavy atom. The second-order valence-corrected chi connectivity index (χ2v) is 9.39. The molecule has 1 unspecified atom stereocenters. The topological polar surface area (TPSA) is 58.2 Å². The van der Waals surface area contributed by atoms with Crippen LogP contribution >= 0.6 is 31.9 Å². The fraction of sp³-hybridized carbons (Fsp3) is 0.571. The fourth-order valence-electron chi connectivity index (χ4n) is 2.45. The van der Waals surface area contributed by atoms with Gasteiger partial charge in [0.15, 0.2) is 0 Å². The number of hydrogen-bond donors (Lipinski definition) is 2. The van der Waals surface area contributed by atoms with Gasteiger partial charge in [-0.15, -0.1) is 0 Å². The van der Waals surface area contributed by atoms with E-state index in [-0.39, 0.29) is 10.3 Å². The summed E-state index contributed by atoms with van der Waals surface area (Å²) >= 11 is 6.73. The lowest BCUT2D eigenvalue weighted by molar-refractivity contribution is 0.238. The highest BCUT2D eigenvalue weighted by molar-refractivity contribution is 9.11. The number of sulfonamides is 1. The van der Waals surface area contributed by atoms with Gasteiger partial charge in [0.1, 0.15) is 0 Å².